The summed E-state index contributed by atoms with van der Waals surface area (Å²) in [6, 6.07) is 0. The molecule has 3 nitrogen and oxygen atoms in total. The van der Waals surface area contributed by atoms with E-state index in [9.17, 15) is 4.79 Å². The highest BCUT2D eigenvalue weighted by Gasteiger charge is 2.14. The monoisotopic (exact) mass is 129 g/mol. The van der Waals surface area contributed by atoms with Crippen molar-refractivity contribution in [1.82, 2.24) is 4.90 Å². The molecule has 0 aromatic rings. The third-order valence-electron chi connectivity index (χ3n) is 1.49. The maximum atomic E-state index is 10.5. The zero-order valence-electron chi connectivity index (χ0n) is 5.59. The lowest BCUT2D eigenvalue weighted by atomic mass is 10.4. The van der Waals surface area contributed by atoms with Crippen LogP contribution in [0.15, 0.2) is 0 Å². The Kier molecular flexibility index (Phi) is 2.05. The molecule has 0 aliphatic carbocycles. The minimum absolute atomic E-state index is 0.0697. The van der Waals surface area contributed by atoms with Gasteiger partial charge in [0.25, 0.3) is 0 Å². The first kappa shape index (κ1) is 6.55. The Balaban J connectivity index is 2.26. The second kappa shape index (κ2) is 2.82. The Morgan fingerprint density at radius 2 is 2.56 bits per heavy atom. The average molecular weight is 129 g/mol. The highest BCUT2D eigenvalue weighted by atomic mass is 16.5. The molecule has 9 heavy (non-hydrogen) atoms. The van der Waals surface area contributed by atoms with Gasteiger partial charge in [0.15, 0.2) is 0 Å². The molecule has 0 N–H and O–H groups in total. The molecular formula is C6H11NO2. The van der Waals surface area contributed by atoms with Crippen LogP contribution in [0.25, 0.3) is 0 Å². The van der Waals surface area contributed by atoms with Crippen LogP contribution in [-0.4, -0.2) is 30.7 Å². The molecule has 3 heteroatoms. The Bertz CT molecular complexity index is 104. The quantitative estimate of drug-likeness (QED) is 0.474. The molecule has 1 fully saturated rings. The Morgan fingerprint density at radius 3 is 3.00 bits per heavy atom. The summed E-state index contributed by atoms with van der Waals surface area (Å²) in [5.74, 6) is -0.0697. The molecule has 0 amide bonds. The third-order valence-corrected chi connectivity index (χ3v) is 1.49. The van der Waals surface area contributed by atoms with Gasteiger partial charge in [-0.2, -0.15) is 0 Å². The highest BCUT2D eigenvalue weighted by Crippen LogP contribution is 2.00. The van der Waals surface area contributed by atoms with Crippen molar-refractivity contribution in [2.45, 2.75) is 13.3 Å². The van der Waals surface area contributed by atoms with E-state index in [1.165, 1.54) is 0 Å². The Labute approximate surface area is 54.6 Å². The summed E-state index contributed by atoms with van der Waals surface area (Å²) in [7, 11) is 0. The molecule has 1 heterocycles. The number of carbonyl (C=O) groups is 1. The van der Waals surface area contributed by atoms with E-state index < -0.39 is 0 Å². The van der Waals surface area contributed by atoms with Crippen LogP contribution < -0.4 is 0 Å². The summed E-state index contributed by atoms with van der Waals surface area (Å²) in [5, 5.41) is 0. The Morgan fingerprint density at radius 1 is 1.78 bits per heavy atom. The number of hydrogen-bond donors (Lipinski definition) is 0. The van der Waals surface area contributed by atoms with Gasteiger partial charge in [-0.1, -0.05) is 6.92 Å². The standard InChI is InChI=1S/C6H11NO2/c1-2-7-4-3-6(8)9-5-7/h2-5H2,1H3. The fraction of sp³-hybridized carbons (Fsp3) is 0.833. The van der Waals surface area contributed by atoms with E-state index >= 15 is 0 Å². The molecule has 0 atom stereocenters. The van der Waals surface area contributed by atoms with Gasteiger partial charge in [0.1, 0.15) is 6.73 Å². The second-order valence-corrected chi connectivity index (χ2v) is 2.11. The summed E-state index contributed by atoms with van der Waals surface area (Å²) in [6.07, 6.45) is 0.549. The van der Waals surface area contributed by atoms with Gasteiger partial charge in [-0.15, -0.1) is 0 Å². The minimum atomic E-state index is -0.0697. The van der Waals surface area contributed by atoms with Crippen molar-refractivity contribution in [3.05, 3.63) is 0 Å². The fourth-order valence-electron chi connectivity index (χ4n) is 0.799. The number of rotatable bonds is 1. The molecule has 0 aromatic carbocycles. The first-order valence-electron chi connectivity index (χ1n) is 3.21. The van der Waals surface area contributed by atoms with Crippen LogP contribution >= 0.6 is 0 Å². The first-order valence-corrected chi connectivity index (χ1v) is 3.21. The normalized spacial score (nSPS) is 21.7. The number of ether oxygens (including phenoxy) is 1. The van der Waals surface area contributed by atoms with Gasteiger partial charge >= 0.3 is 5.97 Å². The third kappa shape index (κ3) is 1.68. The smallest absolute Gasteiger partial charge is 0.308 e. The molecule has 0 radical (unpaired) electrons. The minimum Gasteiger partial charge on any atom is -0.449 e. The van der Waals surface area contributed by atoms with E-state index in [2.05, 4.69) is 11.8 Å². The molecule has 0 spiro atoms. The van der Waals surface area contributed by atoms with E-state index in [0.29, 0.717) is 13.2 Å². The largest absolute Gasteiger partial charge is 0.449 e. The molecule has 0 aromatic heterocycles. The molecule has 1 aliphatic heterocycles. The number of hydrogen-bond acceptors (Lipinski definition) is 3. The maximum absolute atomic E-state index is 10.5. The van der Waals surface area contributed by atoms with Gasteiger partial charge in [0, 0.05) is 6.54 Å². The van der Waals surface area contributed by atoms with Crippen molar-refractivity contribution >= 4 is 5.97 Å². The van der Waals surface area contributed by atoms with Crippen LogP contribution in [0.3, 0.4) is 0 Å². The molecule has 1 rings (SSSR count). The highest BCUT2D eigenvalue weighted by molar-refractivity contribution is 5.70. The zero-order chi connectivity index (χ0) is 6.69. The summed E-state index contributed by atoms with van der Waals surface area (Å²) in [4.78, 5) is 12.6. The number of esters is 1. The van der Waals surface area contributed by atoms with Crippen LogP contribution in [0.1, 0.15) is 13.3 Å². The predicted octanol–water partition coefficient (Wildman–Crippen LogP) is 0.213. The van der Waals surface area contributed by atoms with E-state index in [-0.39, 0.29) is 5.97 Å². The first-order chi connectivity index (χ1) is 4.33. The van der Waals surface area contributed by atoms with E-state index in [1.807, 2.05) is 0 Å². The van der Waals surface area contributed by atoms with Crippen molar-refractivity contribution in [3.63, 3.8) is 0 Å². The Hall–Kier alpha value is -0.570. The second-order valence-electron chi connectivity index (χ2n) is 2.11. The average Bonchev–Trinajstić information content (AvgIpc) is 1.90. The van der Waals surface area contributed by atoms with Gasteiger partial charge in [0.2, 0.25) is 0 Å². The van der Waals surface area contributed by atoms with Crippen molar-refractivity contribution in [1.29, 1.82) is 0 Å². The SMILES string of the molecule is CCN1CCC(=O)OC1. The van der Waals surface area contributed by atoms with Gasteiger partial charge in [0.05, 0.1) is 6.42 Å². The van der Waals surface area contributed by atoms with Crippen molar-refractivity contribution in [2.24, 2.45) is 0 Å². The predicted molar refractivity (Wildman–Crippen MR) is 32.8 cm³/mol. The van der Waals surface area contributed by atoms with Crippen molar-refractivity contribution in [3.8, 4) is 0 Å². The number of nitrogens with zero attached hydrogens (tertiary/aromatic N) is 1. The van der Waals surface area contributed by atoms with E-state index in [4.69, 9.17) is 4.74 Å². The van der Waals surface area contributed by atoms with Gasteiger partial charge in [-0.3, -0.25) is 9.69 Å². The molecule has 0 bridgehead atoms. The molecule has 1 saturated heterocycles. The summed E-state index contributed by atoms with van der Waals surface area (Å²) in [5.41, 5.74) is 0. The molecular weight excluding hydrogens is 118 g/mol. The van der Waals surface area contributed by atoms with E-state index in [0.717, 1.165) is 13.1 Å². The molecule has 52 valence electrons. The van der Waals surface area contributed by atoms with Crippen molar-refractivity contribution < 1.29 is 9.53 Å². The molecule has 0 saturated carbocycles. The lowest BCUT2D eigenvalue weighted by Crippen LogP contribution is -2.35. The van der Waals surface area contributed by atoms with Crippen LogP contribution in [-0.2, 0) is 9.53 Å². The number of carbonyl (C=O) groups excluding carboxylic acids is 1. The fourth-order valence-corrected chi connectivity index (χ4v) is 0.799. The summed E-state index contributed by atoms with van der Waals surface area (Å²) < 4.78 is 4.77. The van der Waals surface area contributed by atoms with Crippen LogP contribution in [0.5, 0.6) is 0 Å². The topological polar surface area (TPSA) is 29.5 Å². The lowest BCUT2D eigenvalue weighted by molar-refractivity contribution is -0.154. The van der Waals surface area contributed by atoms with Crippen LogP contribution in [0.4, 0.5) is 0 Å². The van der Waals surface area contributed by atoms with Gasteiger partial charge in [-0.25, -0.2) is 0 Å². The zero-order valence-corrected chi connectivity index (χ0v) is 5.59. The van der Waals surface area contributed by atoms with Crippen LogP contribution in [0.2, 0.25) is 0 Å². The summed E-state index contributed by atoms with van der Waals surface area (Å²) >= 11 is 0. The molecule has 0 unspecified atom stereocenters. The van der Waals surface area contributed by atoms with Crippen LogP contribution in [0, 0.1) is 0 Å². The summed E-state index contributed by atoms with van der Waals surface area (Å²) in [6.45, 7) is 4.36. The van der Waals surface area contributed by atoms with Gasteiger partial charge in [-0.05, 0) is 6.54 Å². The van der Waals surface area contributed by atoms with Gasteiger partial charge < -0.3 is 4.74 Å². The lowest BCUT2D eigenvalue weighted by Gasteiger charge is -2.23. The van der Waals surface area contributed by atoms with E-state index in [1.54, 1.807) is 0 Å². The maximum Gasteiger partial charge on any atom is 0.308 e. The molecule has 1 aliphatic rings. The number of cyclic esters (lactones) is 1. The van der Waals surface area contributed by atoms with Crippen molar-refractivity contribution in [2.75, 3.05) is 19.8 Å².